The van der Waals surface area contributed by atoms with Crippen LogP contribution < -0.4 is 20.9 Å². The molecule has 2 aliphatic heterocycles. The van der Waals surface area contributed by atoms with Gasteiger partial charge in [-0.3, -0.25) is 28.4 Å². The molecule has 2 saturated heterocycles. The Hall–Kier alpha value is -3.96. The maximum Gasteiger partial charge on any atom is 0.296 e. The van der Waals surface area contributed by atoms with E-state index in [0.29, 0.717) is 28.4 Å². The van der Waals surface area contributed by atoms with E-state index in [1.807, 2.05) is 42.5 Å². The summed E-state index contributed by atoms with van der Waals surface area (Å²) in [5, 5.41) is 0. The molecule has 0 saturated carbocycles. The van der Waals surface area contributed by atoms with Crippen molar-refractivity contribution in [1.29, 1.82) is 0 Å². The maximum atomic E-state index is 13.9. The Kier molecular flexibility index (Phi) is 7.16. The molecule has 11 heteroatoms. The van der Waals surface area contributed by atoms with Gasteiger partial charge in [0, 0.05) is 25.8 Å². The Balaban J connectivity index is 1.48. The molecule has 9 nitrogen and oxygen atoms in total. The predicted octanol–water partition coefficient (Wildman–Crippen LogP) is 4.67. The molecule has 5 heterocycles. The highest BCUT2D eigenvalue weighted by Gasteiger charge is 2.38. The lowest BCUT2D eigenvalue weighted by Crippen LogP contribution is -2.41. The third-order valence-electron chi connectivity index (χ3n) is 7.94. The Morgan fingerprint density at radius 2 is 1.80 bits per heavy atom. The van der Waals surface area contributed by atoms with Crippen LogP contribution in [0.3, 0.4) is 0 Å². The highest BCUT2D eigenvalue weighted by Crippen LogP contribution is 2.37. The zero-order valence-electron chi connectivity index (χ0n) is 23.1. The topological polar surface area (TPSA) is 84.8 Å². The number of fused-ring (bicyclic) bond motifs is 1. The number of hydrogen-bond acceptors (Lipinski definition) is 7. The first-order chi connectivity index (χ1) is 19.8. The van der Waals surface area contributed by atoms with Gasteiger partial charge in [-0.05, 0) is 62.9 Å². The molecule has 2 aliphatic rings. The van der Waals surface area contributed by atoms with Crippen LogP contribution in [-0.4, -0.2) is 41.6 Å². The molecule has 210 valence electrons. The van der Waals surface area contributed by atoms with Gasteiger partial charge in [0.05, 0.1) is 21.8 Å². The molecule has 1 unspecified atom stereocenters. The summed E-state index contributed by atoms with van der Waals surface area (Å²) in [6, 6.07) is 15.0. The fourth-order valence-electron chi connectivity index (χ4n) is 5.74. The van der Waals surface area contributed by atoms with Gasteiger partial charge in [-0.15, -0.1) is 0 Å². The monoisotopic (exact) mass is 586 g/mol. The second kappa shape index (κ2) is 10.8. The van der Waals surface area contributed by atoms with Crippen LogP contribution in [0.15, 0.2) is 69.2 Å². The minimum atomic E-state index is -0.430. The number of hydrogen-bond donors (Lipinski definition) is 0. The van der Waals surface area contributed by atoms with Crippen molar-refractivity contribution in [3.05, 3.63) is 91.6 Å². The summed E-state index contributed by atoms with van der Waals surface area (Å²) in [6.45, 7) is 4.72. The number of aromatic nitrogens is 4. The molecule has 0 bridgehead atoms. The van der Waals surface area contributed by atoms with Gasteiger partial charge in [0.1, 0.15) is 17.2 Å². The van der Waals surface area contributed by atoms with Gasteiger partial charge in [-0.25, -0.2) is 9.67 Å². The fourth-order valence-corrected chi connectivity index (χ4v) is 7.00. The van der Waals surface area contributed by atoms with Gasteiger partial charge in [0.2, 0.25) is 0 Å². The van der Waals surface area contributed by atoms with Crippen LogP contribution in [0.4, 0.5) is 11.5 Å². The molecule has 41 heavy (non-hydrogen) atoms. The summed E-state index contributed by atoms with van der Waals surface area (Å²) < 4.78 is 4.98. The van der Waals surface area contributed by atoms with E-state index in [2.05, 4.69) is 11.8 Å². The summed E-state index contributed by atoms with van der Waals surface area (Å²) >= 11 is 6.74. The Morgan fingerprint density at radius 1 is 1.05 bits per heavy atom. The number of carbonyl (C=O) groups is 1. The van der Waals surface area contributed by atoms with E-state index < -0.39 is 5.91 Å². The molecule has 1 atom stereocenters. The fraction of sp³-hybridized carbons (Fsp3) is 0.300. The molecular formula is C30H30N6O3S2. The summed E-state index contributed by atoms with van der Waals surface area (Å²) in [5.74, 6) is 0.153. The normalized spacial score (nSPS) is 18.7. The molecule has 0 N–H and O–H groups in total. The molecule has 3 aromatic heterocycles. The van der Waals surface area contributed by atoms with E-state index in [1.165, 1.54) is 14.0 Å². The highest BCUT2D eigenvalue weighted by molar-refractivity contribution is 8.27. The van der Waals surface area contributed by atoms with Crippen LogP contribution >= 0.6 is 24.0 Å². The van der Waals surface area contributed by atoms with Crippen molar-refractivity contribution >= 4 is 57.4 Å². The number of amides is 1. The number of pyridine rings is 1. The van der Waals surface area contributed by atoms with E-state index in [-0.39, 0.29) is 32.1 Å². The first-order valence-corrected chi connectivity index (χ1v) is 14.9. The number of thiocarbonyl (C=S) groups is 1. The molecule has 0 spiro atoms. The Bertz CT molecular complexity index is 1840. The standard InChI is InChI=1S/C30H30N6O3S2/c1-4-20-12-8-10-16-33(20)26-22(27(37)34-17-11-9-15-24(34)31-26)18-23-28(38)35(30(40)41-23)25-19(2)32(3)36(29(25)39)21-13-6-5-7-14-21/h5-7,9,11,13-15,17-18,20H,4,8,10,12,16H2,1-3H3/b23-18+. The number of para-hydroxylation sites is 1. The zero-order valence-corrected chi connectivity index (χ0v) is 24.7. The zero-order chi connectivity index (χ0) is 28.8. The summed E-state index contributed by atoms with van der Waals surface area (Å²) in [5.41, 5.74) is 1.79. The van der Waals surface area contributed by atoms with Crippen LogP contribution in [-0.2, 0) is 11.8 Å². The van der Waals surface area contributed by atoms with Gasteiger partial charge in [-0.2, -0.15) is 0 Å². The van der Waals surface area contributed by atoms with Crippen LogP contribution in [0.5, 0.6) is 0 Å². The third kappa shape index (κ3) is 4.53. The number of rotatable bonds is 5. The van der Waals surface area contributed by atoms with Gasteiger partial charge in [0.25, 0.3) is 17.0 Å². The first kappa shape index (κ1) is 27.2. The second-order valence-electron chi connectivity index (χ2n) is 10.3. The van der Waals surface area contributed by atoms with Crippen LogP contribution in [0.1, 0.15) is 43.9 Å². The summed E-state index contributed by atoms with van der Waals surface area (Å²) in [4.78, 5) is 50.2. The number of anilines is 2. The van der Waals surface area contributed by atoms with Gasteiger partial charge < -0.3 is 4.90 Å². The average Bonchev–Trinajstić information content (AvgIpc) is 3.38. The largest absolute Gasteiger partial charge is 0.353 e. The molecule has 0 aliphatic carbocycles. The van der Waals surface area contributed by atoms with Gasteiger partial charge in [-0.1, -0.05) is 55.2 Å². The van der Waals surface area contributed by atoms with Crippen molar-refractivity contribution in [3.8, 4) is 5.69 Å². The van der Waals surface area contributed by atoms with Crippen molar-refractivity contribution < 1.29 is 4.79 Å². The average molecular weight is 587 g/mol. The summed E-state index contributed by atoms with van der Waals surface area (Å²) in [6.07, 6.45) is 7.39. The lowest BCUT2D eigenvalue weighted by molar-refractivity contribution is -0.113. The Morgan fingerprint density at radius 3 is 2.56 bits per heavy atom. The SMILES string of the molecule is CCC1CCCCN1c1nc2ccccn2c(=O)c1/C=C1/SC(=S)N(c2c(C)n(C)n(-c3ccccc3)c2=O)C1=O. The number of carbonyl (C=O) groups excluding carboxylic acids is 1. The number of piperidine rings is 1. The smallest absolute Gasteiger partial charge is 0.296 e. The van der Waals surface area contributed by atoms with Gasteiger partial charge >= 0.3 is 0 Å². The molecule has 4 aromatic rings. The quantitative estimate of drug-likeness (QED) is 0.248. The third-order valence-corrected chi connectivity index (χ3v) is 9.24. The van der Waals surface area contributed by atoms with E-state index in [9.17, 15) is 14.4 Å². The Labute approximate surface area is 246 Å². The van der Waals surface area contributed by atoms with Crippen molar-refractivity contribution in [3.63, 3.8) is 0 Å². The minimum absolute atomic E-state index is 0.206. The van der Waals surface area contributed by atoms with E-state index in [0.717, 1.165) is 44.0 Å². The summed E-state index contributed by atoms with van der Waals surface area (Å²) in [7, 11) is 1.78. The van der Waals surface area contributed by atoms with E-state index in [1.54, 1.807) is 37.0 Å². The van der Waals surface area contributed by atoms with Crippen molar-refractivity contribution in [2.24, 2.45) is 7.05 Å². The maximum absolute atomic E-state index is 13.9. The van der Waals surface area contributed by atoms with Gasteiger partial charge in [0.15, 0.2) is 4.32 Å². The predicted molar refractivity (Wildman–Crippen MR) is 168 cm³/mol. The second-order valence-corrected chi connectivity index (χ2v) is 11.9. The number of benzene rings is 1. The molecule has 6 rings (SSSR count). The van der Waals surface area contributed by atoms with E-state index in [4.69, 9.17) is 17.2 Å². The van der Waals surface area contributed by atoms with Crippen LogP contribution in [0, 0.1) is 6.92 Å². The molecule has 0 radical (unpaired) electrons. The van der Waals surface area contributed by atoms with E-state index >= 15 is 0 Å². The number of thioether (sulfide) groups is 1. The molecular weight excluding hydrogens is 557 g/mol. The first-order valence-electron chi connectivity index (χ1n) is 13.7. The highest BCUT2D eigenvalue weighted by atomic mass is 32.2. The van der Waals surface area contributed by atoms with Crippen LogP contribution in [0.25, 0.3) is 17.4 Å². The van der Waals surface area contributed by atoms with Crippen LogP contribution in [0.2, 0.25) is 0 Å². The van der Waals surface area contributed by atoms with Crippen molar-refractivity contribution in [2.45, 2.75) is 45.6 Å². The van der Waals surface area contributed by atoms with Crippen molar-refractivity contribution in [2.75, 3.05) is 16.3 Å². The lowest BCUT2D eigenvalue weighted by atomic mass is 9.99. The van der Waals surface area contributed by atoms with Crippen molar-refractivity contribution in [1.82, 2.24) is 18.7 Å². The minimum Gasteiger partial charge on any atom is -0.353 e. The lowest BCUT2D eigenvalue weighted by Gasteiger charge is -2.37. The molecule has 1 amide bonds. The molecule has 1 aromatic carbocycles. The number of nitrogens with zero attached hydrogens (tertiary/aromatic N) is 6. The molecule has 2 fully saturated rings.